The zero-order valence-corrected chi connectivity index (χ0v) is 13.9. The van der Waals surface area contributed by atoms with Gasteiger partial charge in [0.25, 0.3) is 10.1 Å². The smallest absolute Gasteiger partial charge is 0.294 e. The van der Waals surface area contributed by atoms with Gasteiger partial charge in [0.15, 0.2) is 0 Å². The second-order valence-electron chi connectivity index (χ2n) is 5.62. The van der Waals surface area contributed by atoms with E-state index in [1.54, 1.807) is 12.1 Å². The van der Waals surface area contributed by atoms with Crippen LogP contribution in [-0.4, -0.2) is 32.1 Å². The van der Waals surface area contributed by atoms with Gasteiger partial charge in [0.2, 0.25) is 0 Å². The van der Waals surface area contributed by atoms with Gasteiger partial charge in [-0.05, 0) is 37.6 Å². The molecule has 2 aromatic carbocycles. The van der Waals surface area contributed by atoms with Crippen LogP contribution < -0.4 is 10.6 Å². The van der Waals surface area contributed by atoms with E-state index < -0.39 is 10.1 Å². The third-order valence-corrected chi connectivity index (χ3v) is 4.53. The Kier molecular flexibility index (Phi) is 5.76. The molecule has 0 amide bonds. The quantitative estimate of drug-likeness (QED) is 0.824. The van der Waals surface area contributed by atoms with Crippen molar-refractivity contribution < 1.29 is 13.0 Å². The summed E-state index contributed by atoms with van der Waals surface area (Å²) in [6.07, 6.45) is 1.12. The first-order chi connectivity index (χ1) is 10.9. The molecular weight excluding hydrogens is 312 g/mol. The molecule has 1 aliphatic rings. The van der Waals surface area contributed by atoms with E-state index in [0.29, 0.717) is 6.04 Å². The van der Waals surface area contributed by atoms with Crippen molar-refractivity contribution in [1.82, 2.24) is 0 Å². The molecule has 0 aromatic heterocycles. The highest BCUT2D eigenvalue weighted by molar-refractivity contribution is 7.85. The largest absolute Gasteiger partial charge is 0.370 e. The molecule has 1 unspecified atom stereocenters. The Morgan fingerprint density at radius 2 is 1.70 bits per heavy atom. The third kappa shape index (κ3) is 5.35. The minimum atomic E-state index is -4.02. The number of hydrogen-bond donors (Lipinski definition) is 2. The van der Waals surface area contributed by atoms with Gasteiger partial charge in [0, 0.05) is 24.8 Å². The number of hydrogen-bond acceptors (Lipinski definition) is 4. The molecule has 1 heterocycles. The van der Waals surface area contributed by atoms with Gasteiger partial charge in [-0.1, -0.05) is 35.9 Å². The van der Waals surface area contributed by atoms with E-state index in [2.05, 4.69) is 29.2 Å². The molecule has 2 aromatic rings. The molecule has 0 aliphatic carbocycles. The summed E-state index contributed by atoms with van der Waals surface area (Å²) in [5.74, 6) is 0. The second-order valence-corrected chi connectivity index (χ2v) is 7.04. The van der Waals surface area contributed by atoms with Gasteiger partial charge < -0.3 is 10.6 Å². The summed E-state index contributed by atoms with van der Waals surface area (Å²) >= 11 is 0. The van der Waals surface area contributed by atoms with Crippen molar-refractivity contribution in [2.24, 2.45) is 5.73 Å². The monoisotopic (exact) mass is 334 g/mol. The summed E-state index contributed by atoms with van der Waals surface area (Å²) in [6.45, 7) is 3.95. The van der Waals surface area contributed by atoms with Crippen molar-refractivity contribution in [3.63, 3.8) is 0 Å². The van der Waals surface area contributed by atoms with Crippen molar-refractivity contribution in [1.29, 1.82) is 0 Å². The second kappa shape index (κ2) is 7.59. The molecule has 0 spiro atoms. The summed E-state index contributed by atoms with van der Waals surface area (Å²) in [5.41, 5.74) is 8.07. The van der Waals surface area contributed by atoms with Gasteiger partial charge in [-0.25, -0.2) is 0 Å². The van der Waals surface area contributed by atoms with Crippen LogP contribution in [0.2, 0.25) is 0 Å². The highest BCUT2D eigenvalue weighted by Crippen LogP contribution is 2.18. The summed E-state index contributed by atoms with van der Waals surface area (Å²) in [6, 6.07) is 16.8. The summed E-state index contributed by atoms with van der Waals surface area (Å²) < 4.78 is 29.6. The normalized spacial score (nSPS) is 17.5. The van der Waals surface area contributed by atoms with Crippen LogP contribution in [0.1, 0.15) is 12.0 Å². The standard InChI is InChI=1S/C10H14N2.C7H8O3S/c11-9-6-7-12(8-9)10-4-2-1-3-5-10;1-6-2-4-7(5-3-6)11(8,9)10/h1-5,9H,6-8,11H2;2-5H,1H3,(H,8,9,10). The molecule has 6 heteroatoms. The molecule has 124 valence electrons. The summed E-state index contributed by atoms with van der Waals surface area (Å²) in [5, 5.41) is 0. The molecule has 1 saturated heterocycles. The van der Waals surface area contributed by atoms with Gasteiger partial charge in [0.05, 0.1) is 4.90 Å². The van der Waals surface area contributed by atoms with Crippen molar-refractivity contribution in [3.05, 3.63) is 60.2 Å². The van der Waals surface area contributed by atoms with Crippen molar-refractivity contribution in [2.45, 2.75) is 24.3 Å². The number of nitrogens with two attached hydrogens (primary N) is 1. The topological polar surface area (TPSA) is 83.6 Å². The fraction of sp³-hybridized carbons (Fsp3) is 0.294. The molecule has 3 N–H and O–H groups in total. The van der Waals surface area contributed by atoms with E-state index in [9.17, 15) is 8.42 Å². The number of rotatable bonds is 2. The lowest BCUT2D eigenvalue weighted by atomic mass is 10.2. The average Bonchev–Trinajstić information content (AvgIpc) is 2.95. The Hall–Kier alpha value is -1.89. The Morgan fingerprint density at radius 1 is 1.09 bits per heavy atom. The fourth-order valence-corrected chi connectivity index (χ4v) is 2.85. The van der Waals surface area contributed by atoms with Crippen LogP contribution in [0.5, 0.6) is 0 Å². The van der Waals surface area contributed by atoms with E-state index in [1.165, 1.54) is 17.8 Å². The molecule has 0 bridgehead atoms. The first kappa shape index (κ1) is 17.5. The highest BCUT2D eigenvalue weighted by atomic mass is 32.2. The molecule has 1 atom stereocenters. The van der Waals surface area contributed by atoms with E-state index in [4.69, 9.17) is 10.3 Å². The Labute approximate surface area is 137 Å². The van der Waals surface area contributed by atoms with Crippen LogP contribution in [0.15, 0.2) is 59.5 Å². The molecule has 3 rings (SSSR count). The Bertz CT molecular complexity index is 715. The molecule has 0 radical (unpaired) electrons. The van der Waals surface area contributed by atoms with Gasteiger partial charge in [-0.15, -0.1) is 0 Å². The summed E-state index contributed by atoms with van der Waals surface area (Å²) in [4.78, 5) is 2.27. The van der Waals surface area contributed by atoms with Crippen molar-refractivity contribution in [3.8, 4) is 0 Å². The molecule has 0 saturated carbocycles. The van der Waals surface area contributed by atoms with Crippen LogP contribution >= 0.6 is 0 Å². The predicted molar refractivity (Wildman–Crippen MR) is 92.2 cm³/mol. The lowest BCUT2D eigenvalue weighted by molar-refractivity contribution is 0.483. The zero-order valence-electron chi connectivity index (χ0n) is 13.1. The fourth-order valence-electron chi connectivity index (χ4n) is 2.37. The number of benzene rings is 2. The van der Waals surface area contributed by atoms with E-state index in [1.807, 2.05) is 13.0 Å². The predicted octanol–water partition coefficient (Wildman–Crippen LogP) is 2.47. The van der Waals surface area contributed by atoms with Gasteiger partial charge in [-0.3, -0.25) is 4.55 Å². The first-order valence-electron chi connectivity index (χ1n) is 7.46. The minimum Gasteiger partial charge on any atom is -0.370 e. The van der Waals surface area contributed by atoms with Gasteiger partial charge in [0.1, 0.15) is 0 Å². The number of anilines is 1. The molecule has 23 heavy (non-hydrogen) atoms. The molecular formula is C17H22N2O3S. The van der Waals surface area contributed by atoms with Crippen molar-refractivity contribution >= 4 is 15.8 Å². The van der Waals surface area contributed by atoms with E-state index in [-0.39, 0.29) is 4.90 Å². The Balaban J connectivity index is 0.000000168. The maximum absolute atomic E-state index is 10.5. The summed E-state index contributed by atoms with van der Waals surface area (Å²) in [7, 11) is -4.02. The highest BCUT2D eigenvalue weighted by Gasteiger charge is 2.18. The number of para-hydroxylation sites is 1. The van der Waals surface area contributed by atoms with Crippen molar-refractivity contribution in [2.75, 3.05) is 18.0 Å². The lowest BCUT2D eigenvalue weighted by Gasteiger charge is -2.17. The lowest BCUT2D eigenvalue weighted by Crippen LogP contribution is -2.26. The van der Waals surface area contributed by atoms with Gasteiger partial charge in [-0.2, -0.15) is 8.42 Å². The van der Waals surface area contributed by atoms with Crippen LogP contribution in [0.3, 0.4) is 0 Å². The zero-order chi connectivity index (χ0) is 16.9. The SMILES string of the molecule is Cc1ccc(S(=O)(=O)O)cc1.NC1CCN(c2ccccc2)C1. The van der Waals surface area contributed by atoms with Crippen LogP contribution in [-0.2, 0) is 10.1 Å². The molecule has 1 aliphatic heterocycles. The molecule has 5 nitrogen and oxygen atoms in total. The van der Waals surface area contributed by atoms with Crippen LogP contribution in [0, 0.1) is 6.92 Å². The molecule has 1 fully saturated rings. The maximum atomic E-state index is 10.5. The van der Waals surface area contributed by atoms with Crippen LogP contribution in [0.25, 0.3) is 0 Å². The number of nitrogens with zero attached hydrogens (tertiary/aromatic N) is 1. The number of aryl methyl sites for hydroxylation is 1. The van der Waals surface area contributed by atoms with E-state index >= 15 is 0 Å². The van der Waals surface area contributed by atoms with E-state index in [0.717, 1.165) is 25.1 Å². The maximum Gasteiger partial charge on any atom is 0.294 e. The first-order valence-corrected chi connectivity index (χ1v) is 8.90. The average molecular weight is 334 g/mol. The Morgan fingerprint density at radius 3 is 2.17 bits per heavy atom. The van der Waals surface area contributed by atoms with Gasteiger partial charge >= 0.3 is 0 Å². The third-order valence-electron chi connectivity index (χ3n) is 3.66. The minimum absolute atomic E-state index is 0.0666. The van der Waals surface area contributed by atoms with Crippen LogP contribution in [0.4, 0.5) is 5.69 Å².